The number of hydrazone groups is 1. The van der Waals surface area contributed by atoms with Crippen molar-refractivity contribution in [3.05, 3.63) is 65.3 Å². The van der Waals surface area contributed by atoms with Crippen molar-refractivity contribution < 1.29 is 17.5 Å². The second-order valence-corrected chi connectivity index (χ2v) is 10.3. The van der Waals surface area contributed by atoms with E-state index in [-0.39, 0.29) is 22.9 Å². The highest BCUT2D eigenvalue weighted by atomic mass is 32.2. The van der Waals surface area contributed by atoms with Gasteiger partial charge in [-0.15, -0.1) is 11.3 Å². The highest BCUT2D eigenvalue weighted by Crippen LogP contribution is 2.28. The van der Waals surface area contributed by atoms with Gasteiger partial charge in [0.05, 0.1) is 29.0 Å². The zero-order chi connectivity index (χ0) is 22.7. The first kappa shape index (κ1) is 22.5. The Labute approximate surface area is 190 Å². The minimum Gasteiger partial charge on any atom is -0.373 e. The average molecular weight is 475 g/mol. The lowest BCUT2D eigenvalue weighted by molar-refractivity contribution is -0.0440. The number of hydrogen-bond donors (Lipinski definition) is 1. The van der Waals surface area contributed by atoms with Crippen molar-refractivity contribution in [3.8, 4) is 11.3 Å². The molecular formula is C22H23FN4O3S2. The molecule has 2 heterocycles. The molecule has 2 atom stereocenters. The molecule has 168 valence electrons. The Kier molecular flexibility index (Phi) is 6.66. The van der Waals surface area contributed by atoms with Crippen molar-refractivity contribution in [3.63, 3.8) is 0 Å². The minimum absolute atomic E-state index is 0.159. The first-order valence-electron chi connectivity index (χ1n) is 10.1. The Morgan fingerprint density at radius 3 is 2.69 bits per heavy atom. The summed E-state index contributed by atoms with van der Waals surface area (Å²) in [5.74, 6) is -0.361. The van der Waals surface area contributed by atoms with Gasteiger partial charge in [-0.3, -0.25) is 5.43 Å². The molecule has 32 heavy (non-hydrogen) atoms. The molecule has 1 aliphatic rings. The van der Waals surface area contributed by atoms with E-state index in [1.165, 1.54) is 27.9 Å². The van der Waals surface area contributed by atoms with E-state index in [0.29, 0.717) is 35.0 Å². The van der Waals surface area contributed by atoms with E-state index in [1.54, 1.807) is 36.4 Å². The molecule has 0 spiro atoms. The smallest absolute Gasteiger partial charge is 0.243 e. The molecule has 2 aromatic carbocycles. The molecule has 4 rings (SSSR count). The van der Waals surface area contributed by atoms with Crippen molar-refractivity contribution in [1.29, 1.82) is 0 Å². The summed E-state index contributed by atoms with van der Waals surface area (Å²) in [6.45, 7) is 4.38. The predicted octanol–water partition coefficient (Wildman–Crippen LogP) is 4.19. The van der Waals surface area contributed by atoms with Gasteiger partial charge in [-0.2, -0.15) is 9.41 Å². The summed E-state index contributed by atoms with van der Waals surface area (Å²) >= 11 is 1.32. The Hall–Kier alpha value is -2.66. The van der Waals surface area contributed by atoms with Crippen LogP contribution in [0.25, 0.3) is 11.3 Å². The van der Waals surface area contributed by atoms with Crippen LogP contribution in [0.2, 0.25) is 0 Å². The summed E-state index contributed by atoms with van der Waals surface area (Å²) < 4.78 is 47.1. The van der Waals surface area contributed by atoms with Gasteiger partial charge in [0.15, 0.2) is 0 Å². The molecule has 1 fully saturated rings. The van der Waals surface area contributed by atoms with Gasteiger partial charge in [0.25, 0.3) is 0 Å². The number of halogens is 1. The van der Waals surface area contributed by atoms with Crippen LogP contribution in [0.1, 0.15) is 19.4 Å². The van der Waals surface area contributed by atoms with Crippen molar-refractivity contribution in [2.75, 3.05) is 18.5 Å². The van der Waals surface area contributed by atoms with Gasteiger partial charge in [0.1, 0.15) is 5.82 Å². The first-order valence-corrected chi connectivity index (χ1v) is 12.4. The quantitative estimate of drug-likeness (QED) is 0.428. The van der Waals surface area contributed by atoms with Gasteiger partial charge in [0.2, 0.25) is 15.2 Å². The molecule has 1 saturated heterocycles. The zero-order valence-electron chi connectivity index (χ0n) is 17.6. The van der Waals surface area contributed by atoms with E-state index >= 15 is 0 Å². The number of aromatic nitrogens is 1. The number of nitrogens with zero attached hydrogens (tertiary/aromatic N) is 3. The van der Waals surface area contributed by atoms with Gasteiger partial charge in [-0.25, -0.2) is 17.8 Å². The number of ether oxygens (including phenoxy) is 1. The van der Waals surface area contributed by atoms with Crippen LogP contribution in [0.15, 0.2) is 63.9 Å². The third-order valence-corrected chi connectivity index (χ3v) is 7.50. The number of morpholine rings is 1. The van der Waals surface area contributed by atoms with Crippen LogP contribution in [0.4, 0.5) is 9.52 Å². The third kappa shape index (κ3) is 5.04. The number of rotatable bonds is 6. The number of benzene rings is 2. The van der Waals surface area contributed by atoms with E-state index in [0.717, 1.165) is 0 Å². The molecule has 0 saturated carbocycles. The fraction of sp³-hybridized carbons (Fsp3) is 0.273. The molecular weight excluding hydrogens is 451 g/mol. The standard InChI is InChI=1S/C22H23FN4O3S2/c1-15-12-27(13-16(2)30-15)32(28,29)19-8-5-7-17(10-19)21-14-31-22(25-21)26-24-11-18-6-3-4-9-20(18)23/h3-11,14-16H,12-13H2,1-2H3,(H,25,26)/b24-11+/t15-,16-/m1/s1. The summed E-state index contributed by atoms with van der Waals surface area (Å²) in [6.07, 6.45) is 1.07. The molecule has 0 unspecified atom stereocenters. The highest BCUT2D eigenvalue weighted by Gasteiger charge is 2.32. The lowest BCUT2D eigenvalue weighted by atomic mass is 10.2. The van der Waals surface area contributed by atoms with E-state index in [2.05, 4.69) is 15.5 Å². The van der Waals surface area contributed by atoms with Gasteiger partial charge in [-0.1, -0.05) is 30.3 Å². The van der Waals surface area contributed by atoms with Crippen molar-refractivity contribution in [2.45, 2.75) is 31.0 Å². The van der Waals surface area contributed by atoms with Crippen LogP contribution in [0, 0.1) is 5.82 Å². The van der Waals surface area contributed by atoms with E-state index < -0.39 is 10.0 Å². The molecule has 0 bridgehead atoms. The van der Waals surface area contributed by atoms with Gasteiger partial charge in [-0.05, 0) is 32.0 Å². The van der Waals surface area contributed by atoms with Crippen LogP contribution in [-0.2, 0) is 14.8 Å². The van der Waals surface area contributed by atoms with Crippen LogP contribution in [0.5, 0.6) is 0 Å². The molecule has 0 aliphatic carbocycles. The SMILES string of the molecule is C[C@@H]1CN(S(=O)(=O)c2cccc(-c3csc(N/N=C/c4ccccc4F)n3)c2)C[C@@H](C)O1. The van der Waals surface area contributed by atoms with Crippen molar-refractivity contribution in [1.82, 2.24) is 9.29 Å². The number of sulfonamides is 1. The molecule has 0 radical (unpaired) electrons. The second kappa shape index (κ2) is 9.45. The van der Waals surface area contributed by atoms with E-state index in [4.69, 9.17) is 4.74 Å². The summed E-state index contributed by atoms with van der Waals surface area (Å²) in [6, 6.07) is 13.1. The average Bonchev–Trinajstić information content (AvgIpc) is 3.23. The molecule has 7 nitrogen and oxygen atoms in total. The Morgan fingerprint density at radius 2 is 1.94 bits per heavy atom. The molecule has 1 aromatic heterocycles. The maximum absolute atomic E-state index is 13.7. The molecule has 1 N–H and O–H groups in total. The van der Waals surface area contributed by atoms with Crippen LogP contribution in [-0.4, -0.2) is 49.2 Å². The highest BCUT2D eigenvalue weighted by molar-refractivity contribution is 7.89. The number of thiazole rings is 1. The third-order valence-electron chi connectivity index (χ3n) is 4.93. The minimum atomic E-state index is -3.65. The van der Waals surface area contributed by atoms with E-state index in [1.807, 2.05) is 25.3 Å². The number of hydrogen-bond acceptors (Lipinski definition) is 7. The molecule has 0 amide bonds. The topological polar surface area (TPSA) is 83.9 Å². The summed E-state index contributed by atoms with van der Waals surface area (Å²) in [5, 5.41) is 6.35. The number of anilines is 1. The predicted molar refractivity (Wildman–Crippen MR) is 124 cm³/mol. The lowest BCUT2D eigenvalue weighted by Crippen LogP contribution is -2.48. The summed E-state index contributed by atoms with van der Waals surface area (Å²) in [4.78, 5) is 4.68. The fourth-order valence-electron chi connectivity index (χ4n) is 3.49. The second-order valence-electron chi connectivity index (χ2n) is 7.54. The van der Waals surface area contributed by atoms with Gasteiger partial charge < -0.3 is 4.74 Å². The summed E-state index contributed by atoms with van der Waals surface area (Å²) in [5.41, 5.74) is 4.46. The first-order chi connectivity index (χ1) is 15.3. The normalized spacial score (nSPS) is 20.0. The Bertz CT molecular complexity index is 1220. The molecule has 3 aromatic rings. The van der Waals surface area contributed by atoms with Crippen LogP contribution < -0.4 is 5.43 Å². The van der Waals surface area contributed by atoms with Crippen LogP contribution in [0.3, 0.4) is 0 Å². The zero-order valence-corrected chi connectivity index (χ0v) is 19.2. The largest absolute Gasteiger partial charge is 0.373 e. The van der Waals surface area contributed by atoms with E-state index in [9.17, 15) is 12.8 Å². The lowest BCUT2D eigenvalue weighted by Gasteiger charge is -2.34. The van der Waals surface area contributed by atoms with Gasteiger partial charge >= 0.3 is 0 Å². The monoisotopic (exact) mass is 474 g/mol. The molecule has 10 heteroatoms. The van der Waals surface area contributed by atoms with Crippen molar-refractivity contribution >= 4 is 32.7 Å². The maximum atomic E-state index is 13.7. The van der Waals surface area contributed by atoms with Crippen molar-refractivity contribution in [2.24, 2.45) is 5.10 Å². The Balaban J connectivity index is 1.50. The number of nitrogens with one attached hydrogen (secondary N) is 1. The van der Waals surface area contributed by atoms with Crippen LogP contribution >= 0.6 is 11.3 Å². The van der Waals surface area contributed by atoms with Gasteiger partial charge in [0, 0.05) is 29.6 Å². The fourth-order valence-corrected chi connectivity index (χ4v) is 5.79. The maximum Gasteiger partial charge on any atom is 0.243 e. The Morgan fingerprint density at radius 1 is 1.19 bits per heavy atom. The molecule has 1 aliphatic heterocycles. The summed E-state index contributed by atoms with van der Waals surface area (Å²) in [7, 11) is -3.65.